The quantitative estimate of drug-likeness (QED) is 0.517. The summed E-state index contributed by atoms with van der Waals surface area (Å²) in [5, 5.41) is 3.20. The van der Waals surface area contributed by atoms with Crippen LogP contribution in [0, 0.1) is 5.82 Å². The maximum Gasteiger partial charge on any atom is 0.261 e. The number of carbonyl (C=O) groups is 1. The predicted molar refractivity (Wildman–Crippen MR) is 114 cm³/mol. The molecular formula is C20H19FN4O3S2. The molecular weight excluding hydrogens is 427 g/mol. The molecule has 0 unspecified atom stereocenters. The van der Waals surface area contributed by atoms with Crippen LogP contribution in [0.5, 0.6) is 0 Å². The van der Waals surface area contributed by atoms with Gasteiger partial charge in [0.2, 0.25) is 0 Å². The standard InChI is InChI=1S/C20H19FN4O3S2/c1-3-9-22-19(26)14-5-4-6-16(12-14)30(27,28)24-17-13-15(21)7-8-18(17)29-20-23-10-11-25(20)2/h3-8,10-13,24H,1,9H2,2H3,(H,22,26). The Kier molecular flexibility index (Phi) is 6.58. The number of hydrogen-bond acceptors (Lipinski definition) is 5. The third kappa shape index (κ3) is 5.08. The van der Waals surface area contributed by atoms with Gasteiger partial charge >= 0.3 is 0 Å². The van der Waals surface area contributed by atoms with Gasteiger partial charge in [-0.05, 0) is 48.2 Å². The van der Waals surface area contributed by atoms with Crippen molar-refractivity contribution in [2.45, 2.75) is 14.9 Å². The molecule has 10 heteroatoms. The van der Waals surface area contributed by atoms with E-state index in [-0.39, 0.29) is 22.7 Å². The number of amides is 1. The number of rotatable bonds is 8. The molecule has 0 aliphatic carbocycles. The van der Waals surface area contributed by atoms with Crippen LogP contribution in [0.25, 0.3) is 0 Å². The molecule has 0 spiro atoms. The number of halogens is 1. The third-order valence-corrected chi connectivity index (χ3v) is 6.49. The normalized spacial score (nSPS) is 11.1. The van der Waals surface area contributed by atoms with E-state index >= 15 is 0 Å². The smallest absolute Gasteiger partial charge is 0.261 e. The first-order valence-electron chi connectivity index (χ1n) is 8.77. The average molecular weight is 447 g/mol. The van der Waals surface area contributed by atoms with E-state index in [0.29, 0.717) is 10.1 Å². The highest BCUT2D eigenvalue weighted by molar-refractivity contribution is 7.99. The van der Waals surface area contributed by atoms with Crippen LogP contribution in [0.3, 0.4) is 0 Å². The molecule has 1 amide bonds. The lowest BCUT2D eigenvalue weighted by Crippen LogP contribution is -2.23. The second-order valence-electron chi connectivity index (χ2n) is 6.20. The molecule has 156 valence electrons. The van der Waals surface area contributed by atoms with Gasteiger partial charge in [0.15, 0.2) is 5.16 Å². The Labute approximate surface area is 178 Å². The molecule has 3 aromatic rings. The molecule has 0 radical (unpaired) electrons. The first-order chi connectivity index (χ1) is 14.3. The second kappa shape index (κ2) is 9.14. The van der Waals surface area contributed by atoms with Crippen LogP contribution < -0.4 is 10.0 Å². The van der Waals surface area contributed by atoms with Gasteiger partial charge in [-0.2, -0.15) is 0 Å². The number of sulfonamides is 1. The van der Waals surface area contributed by atoms with E-state index < -0.39 is 21.7 Å². The highest BCUT2D eigenvalue weighted by atomic mass is 32.2. The van der Waals surface area contributed by atoms with Crippen LogP contribution >= 0.6 is 11.8 Å². The Morgan fingerprint density at radius 3 is 2.80 bits per heavy atom. The van der Waals surface area contributed by atoms with E-state index in [1.165, 1.54) is 54.2 Å². The summed E-state index contributed by atoms with van der Waals surface area (Å²) in [4.78, 5) is 16.7. The molecule has 1 heterocycles. The Balaban J connectivity index is 1.90. The van der Waals surface area contributed by atoms with E-state index in [9.17, 15) is 17.6 Å². The van der Waals surface area contributed by atoms with E-state index in [4.69, 9.17) is 0 Å². The summed E-state index contributed by atoms with van der Waals surface area (Å²) in [5.74, 6) is -1.02. The van der Waals surface area contributed by atoms with Crippen molar-refractivity contribution in [1.82, 2.24) is 14.9 Å². The van der Waals surface area contributed by atoms with Crippen LogP contribution in [-0.4, -0.2) is 30.4 Å². The van der Waals surface area contributed by atoms with E-state index in [0.717, 1.165) is 6.07 Å². The topological polar surface area (TPSA) is 93.1 Å². The van der Waals surface area contributed by atoms with Crippen molar-refractivity contribution in [2.75, 3.05) is 11.3 Å². The maximum absolute atomic E-state index is 13.8. The number of aryl methyl sites for hydroxylation is 1. The molecule has 0 saturated heterocycles. The van der Waals surface area contributed by atoms with Gasteiger partial charge in [0.1, 0.15) is 5.82 Å². The minimum absolute atomic E-state index is 0.0736. The lowest BCUT2D eigenvalue weighted by atomic mass is 10.2. The maximum atomic E-state index is 13.8. The molecule has 0 fully saturated rings. The van der Waals surface area contributed by atoms with E-state index in [1.54, 1.807) is 24.0 Å². The average Bonchev–Trinajstić information content (AvgIpc) is 3.12. The summed E-state index contributed by atoms with van der Waals surface area (Å²) in [7, 11) is -2.28. The predicted octanol–water partition coefficient (Wildman–Crippen LogP) is 3.43. The van der Waals surface area contributed by atoms with E-state index in [1.807, 2.05) is 0 Å². The fourth-order valence-corrected chi connectivity index (χ4v) is 4.55. The molecule has 0 bridgehead atoms. The Bertz CT molecular complexity index is 1190. The SMILES string of the molecule is C=CCNC(=O)c1cccc(S(=O)(=O)Nc2cc(F)ccc2Sc2nccn2C)c1. The number of nitrogens with one attached hydrogen (secondary N) is 2. The molecule has 0 aliphatic rings. The van der Waals surface area contributed by atoms with Gasteiger partial charge in [-0.25, -0.2) is 17.8 Å². The first-order valence-corrected chi connectivity index (χ1v) is 11.1. The number of anilines is 1. The highest BCUT2D eigenvalue weighted by Crippen LogP contribution is 2.34. The zero-order chi connectivity index (χ0) is 21.7. The van der Waals surface area contributed by atoms with Gasteiger partial charge in [-0.3, -0.25) is 9.52 Å². The fourth-order valence-electron chi connectivity index (χ4n) is 2.49. The van der Waals surface area contributed by atoms with Crippen LogP contribution in [0.15, 0.2) is 82.5 Å². The molecule has 7 nitrogen and oxygen atoms in total. The van der Waals surface area contributed by atoms with Gasteiger partial charge in [0, 0.05) is 36.4 Å². The van der Waals surface area contributed by atoms with Crippen molar-refractivity contribution in [3.8, 4) is 0 Å². The molecule has 30 heavy (non-hydrogen) atoms. The fraction of sp³-hybridized carbons (Fsp3) is 0.100. The monoisotopic (exact) mass is 446 g/mol. The Hall–Kier alpha value is -3.11. The summed E-state index contributed by atoms with van der Waals surface area (Å²) in [6, 6.07) is 9.40. The van der Waals surface area contributed by atoms with Gasteiger partial charge in [-0.1, -0.05) is 12.1 Å². The highest BCUT2D eigenvalue weighted by Gasteiger charge is 2.19. The number of aromatic nitrogens is 2. The molecule has 0 aliphatic heterocycles. The summed E-state index contributed by atoms with van der Waals surface area (Å²) in [6.45, 7) is 3.77. The molecule has 0 atom stereocenters. The van der Waals surface area contributed by atoms with Gasteiger partial charge in [-0.15, -0.1) is 6.58 Å². The minimum Gasteiger partial charge on any atom is -0.349 e. The Morgan fingerprint density at radius 2 is 2.10 bits per heavy atom. The van der Waals surface area contributed by atoms with E-state index in [2.05, 4.69) is 21.6 Å². The zero-order valence-electron chi connectivity index (χ0n) is 16.0. The molecule has 2 aromatic carbocycles. The van der Waals surface area contributed by atoms with Crippen LogP contribution in [-0.2, 0) is 17.1 Å². The largest absolute Gasteiger partial charge is 0.349 e. The Morgan fingerprint density at radius 1 is 1.30 bits per heavy atom. The van der Waals surface area contributed by atoms with Crippen molar-refractivity contribution in [1.29, 1.82) is 0 Å². The second-order valence-corrected chi connectivity index (χ2v) is 8.89. The molecule has 1 aromatic heterocycles. The van der Waals surface area contributed by atoms with Crippen LogP contribution in [0.4, 0.5) is 10.1 Å². The third-order valence-electron chi connectivity index (χ3n) is 3.98. The summed E-state index contributed by atoms with van der Waals surface area (Å²) in [5.41, 5.74) is 0.256. The number of nitrogens with zero attached hydrogens (tertiary/aromatic N) is 2. The lowest BCUT2D eigenvalue weighted by molar-refractivity contribution is 0.0958. The van der Waals surface area contributed by atoms with Crippen molar-refractivity contribution >= 4 is 33.4 Å². The van der Waals surface area contributed by atoms with Crippen molar-refractivity contribution < 1.29 is 17.6 Å². The number of carbonyl (C=O) groups excluding carboxylic acids is 1. The van der Waals surface area contributed by atoms with Crippen molar-refractivity contribution in [2.24, 2.45) is 7.05 Å². The van der Waals surface area contributed by atoms with Crippen LogP contribution in [0.1, 0.15) is 10.4 Å². The first kappa shape index (κ1) is 21.6. The number of benzene rings is 2. The summed E-state index contributed by atoms with van der Waals surface area (Å²) < 4.78 is 43.8. The summed E-state index contributed by atoms with van der Waals surface area (Å²) >= 11 is 1.19. The van der Waals surface area contributed by atoms with Gasteiger partial charge in [0.05, 0.1) is 10.6 Å². The van der Waals surface area contributed by atoms with Crippen LogP contribution in [0.2, 0.25) is 0 Å². The zero-order valence-corrected chi connectivity index (χ0v) is 17.6. The molecule has 3 rings (SSSR count). The lowest BCUT2D eigenvalue weighted by Gasteiger charge is -2.13. The number of hydrogen-bond donors (Lipinski definition) is 2. The molecule has 2 N–H and O–H groups in total. The van der Waals surface area contributed by atoms with Gasteiger partial charge < -0.3 is 9.88 Å². The molecule has 0 saturated carbocycles. The van der Waals surface area contributed by atoms with Crippen molar-refractivity contribution in [3.63, 3.8) is 0 Å². The van der Waals surface area contributed by atoms with Gasteiger partial charge in [0.25, 0.3) is 15.9 Å². The number of imidazole rings is 1. The minimum atomic E-state index is -4.08. The van der Waals surface area contributed by atoms with Crippen molar-refractivity contribution in [3.05, 3.63) is 78.9 Å². The summed E-state index contributed by atoms with van der Waals surface area (Å²) in [6.07, 6.45) is 4.88.